The number of halogens is 2. The normalized spacial score (nSPS) is 19.7. The maximum absolute atomic E-state index is 11.6. The molecular formula is C18H16Cl2N2O3. The SMILES string of the molecule is COc1ccc([C@@H]2[C@@H](C)C(C(=O)O)=NN2c2ccc(Cl)cc2Cl)cc1. The summed E-state index contributed by atoms with van der Waals surface area (Å²) in [5.74, 6) is -0.638. The second-order valence-corrected chi connectivity index (χ2v) is 6.58. The van der Waals surface area contributed by atoms with E-state index in [1.54, 1.807) is 30.3 Å². The van der Waals surface area contributed by atoms with Crippen molar-refractivity contribution in [2.24, 2.45) is 11.0 Å². The molecular weight excluding hydrogens is 363 g/mol. The van der Waals surface area contributed by atoms with Crippen LogP contribution in [-0.2, 0) is 4.79 Å². The standard InChI is InChI=1S/C18H16Cl2N2O3/c1-10-16(18(23)24)21-22(15-8-5-12(19)9-14(15)20)17(10)11-3-6-13(25-2)7-4-11/h3-10,17H,1-2H3,(H,23,24)/t10-,17-/m0/s1. The number of carboxylic acid groups (broad SMARTS) is 1. The highest BCUT2D eigenvalue weighted by molar-refractivity contribution is 6.38. The lowest BCUT2D eigenvalue weighted by molar-refractivity contribution is -0.129. The Kier molecular flexibility index (Phi) is 4.88. The van der Waals surface area contributed by atoms with Gasteiger partial charge in [0.25, 0.3) is 0 Å². The zero-order valence-corrected chi connectivity index (χ0v) is 15.1. The molecule has 0 amide bonds. The summed E-state index contributed by atoms with van der Waals surface area (Å²) in [7, 11) is 1.60. The Hall–Kier alpha value is -2.24. The van der Waals surface area contributed by atoms with Gasteiger partial charge in [0.15, 0.2) is 5.71 Å². The molecule has 0 aliphatic carbocycles. The molecule has 0 saturated carbocycles. The van der Waals surface area contributed by atoms with Crippen molar-refractivity contribution in [3.8, 4) is 5.75 Å². The quantitative estimate of drug-likeness (QED) is 0.841. The number of carboxylic acids is 1. The van der Waals surface area contributed by atoms with E-state index >= 15 is 0 Å². The fourth-order valence-corrected chi connectivity index (χ4v) is 3.47. The number of hydrazone groups is 1. The molecule has 7 heteroatoms. The first kappa shape index (κ1) is 17.6. The number of nitrogens with zero attached hydrogens (tertiary/aromatic N) is 2. The number of carbonyl (C=O) groups is 1. The van der Waals surface area contributed by atoms with E-state index in [9.17, 15) is 9.90 Å². The Labute approximate surface area is 155 Å². The molecule has 2 atom stereocenters. The summed E-state index contributed by atoms with van der Waals surface area (Å²) in [6.07, 6.45) is 0. The molecule has 0 fully saturated rings. The van der Waals surface area contributed by atoms with Crippen LogP contribution in [0.25, 0.3) is 0 Å². The van der Waals surface area contributed by atoms with E-state index in [-0.39, 0.29) is 17.7 Å². The van der Waals surface area contributed by atoms with Gasteiger partial charge < -0.3 is 9.84 Å². The lowest BCUT2D eigenvalue weighted by Crippen LogP contribution is -2.26. The van der Waals surface area contributed by atoms with Gasteiger partial charge in [-0.1, -0.05) is 42.3 Å². The highest BCUT2D eigenvalue weighted by Crippen LogP contribution is 2.42. The van der Waals surface area contributed by atoms with E-state index in [0.29, 0.717) is 15.7 Å². The maximum atomic E-state index is 11.6. The number of hydrogen-bond donors (Lipinski definition) is 1. The average Bonchev–Trinajstić information content (AvgIpc) is 2.92. The van der Waals surface area contributed by atoms with Crippen molar-refractivity contribution in [1.29, 1.82) is 0 Å². The van der Waals surface area contributed by atoms with Gasteiger partial charge in [0.05, 0.1) is 23.9 Å². The fraction of sp³-hybridized carbons (Fsp3) is 0.222. The van der Waals surface area contributed by atoms with Crippen molar-refractivity contribution in [3.63, 3.8) is 0 Å². The predicted molar refractivity (Wildman–Crippen MR) is 98.9 cm³/mol. The summed E-state index contributed by atoms with van der Waals surface area (Å²) in [4.78, 5) is 11.6. The van der Waals surface area contributed by atoms with Crippen LogP contribution in [0.2, 0.25) is 10.0 Å². The smallest absolute Gasteiger partial charge is 0.352 e. The number of methoxy groups -OCH3 is 1. The van der Waals surface area contributed by atoms with Crippen molar-refractivity contribution >= 4 is 40.6 Å². The van der Waals surface area contributed by atoms with Crippen LogP contribution in [0, 0.1) is 5.92 Å². The van der Waals surface area contributed by atoms with Crippen molar-refractivity contribution < 1.29 is 14.6 Å². The lowest BCUT2D eigenvalue weighted by atomic mass is 9.91. The molecule has 25 heavy (non-hydrogen) atoms. The molecule has 130 valence electrons. The second-order valence-electron chi connectivity index (χ2n) is 5.74. The second kappa shape index (κ2) is 6.94. The summed E-state index contributed by atoms with van der Waals surface area (Å²) < 4.78 is 5.19. The Morgan fingerprint density at radius 3 is 2.44 bits per heavy atom. The molecule has 0 saturated heterocycles. The minimum Gasteiger partial charge on any atom is -0.497 e. The summed E-state index contributed by atoms with van der Waals surface area (Å²) in [6, 6.07) is 12.2. The van der Waals surface area contributed by atoms with Gasteiger partial charge in [-0.25, -0.2) is 4.79 Å². The van der Waals surface area contributed by atoms with Gasteiger partial charge in [0, 0.05) is 10.9 Å². The highest BCUT2D eigenvalue weighted by atomic mass is 35.5. The van der Waals surface area contributed by atoms with Gasteiger partial charge in [-0.3, -0.25) is 5.01 Å². The summed E-state index contributed by atoms with van der Waals surface area (Å²) in [5, 5.41) is 16.4. The average molecular weight is 379 g/mol. The molecule has 1 N–H and O–H groups in total. The van der Waals surface area contributed by atoms with Gasteiger partial charge in [0.2, 0.25) is 0 Å². The van der Waals surface area contributed by atoms with Gasteiger partial charge in [-0.2, -0.15) is 5.10 Å². The summed E-state index contributed by atoms with van der Waals surface area (Å²) >= 11 is 12.3. The molecule has 1 aliphatic heterocycles. The fourth-order valence-electron chi connectivity index (χ4n) is 2.97. The first-order valence-corrected chi connectivity index (χ1v) is 8.38. The zero-order chi connectivity index (χ0) is 18.1. The third-order valence-electron chi connectivity index (χ3n) is 4.22. The van der Waals surface area contributed by atoms with Crippen molar-refractivity contribution in [1.82, 2.24) is 0 Å². The van der Waals surface area contributed by atoms with Crippen molar-refractivity contribution in [2.75, 3.05) is 12.1 Å². The molecule has 2 aromatic carbocycles. The minimum atomic E-state index is -1.04. The van der Waals surface area contributed by atoms with E-state index in [4.69, 9.17) is 27.9 Å². The highest BCUT2D eigenvalue weighted by Gasteiger charge is 2.40. The summed E-state index contributed by atoms with van der Waals surface area (Å²) in [6.45, 7) is 1.84. The largest absolute Gasteiger partial charge is 0.497 e. The van der Waals surface area contributed by atoms with Gasteiger partial charge >= 0.3 is 5.97 Å². The van der Waals surface area contributed by atoms with Crippen LogP contribution in [0.15, 0.2) is 47.6 Å². The molecule has 1 heterocycles. The lowest BCUT2D eigenvalue weighted by Gasteiger charge is -2.27. The summed E-state index contributed by atoms with van der Waals surface area (Å²) in [5.41, 5.74) is 1.61. The van der Waals surface area contributed by atoms with Crippen LogP contribution >= 0.6 is 23.2 Å². The van der Waals surface area contributed by atoms with Crippen LogP contribution < -0.4 is 9.75 Å². The molecule has 5 nitrogen and oxygen atoms in total. The Morgan fingerprint density at radius 2 is 1.88 bits per heavy atom. The monoisotopic (exact) mass is 378 g/mol. The van der Waals surface area contributed by atoms with Crippen LogP contribution in [0.1, 0.15) is 18.5 Å². The molecule has 3 rings (SSSR count). The molecule has 0 radical (unpaired) electrons. The first-order valence-electron chi connectivity index (χ1n) is 7.62. The number of ether oxygens (including phenoxy) is 1. The molecule has 0 spiro atoms. The van der Waals surface area contributed by atoms with Crippen LogP contribution in [0.5, 0.6) is 5.75 Å². The molecule has 0 unspecified atom stereocenters. The van der Waals surface area contributed by atoms with E-state index < -0.39 is 5.97 Å². The van der Waals surface area contributed by atoms with E-state index in [0.717, 1.165) is 11.3 Å². The third kappa shape index (κ3) is 3.30. The van der Waals surface area contributed by atoms with Crippen LogP contribution in [0.4, 0.5) is 5.69 Å². The zero-order valence-electron chi connectivity index (χ0n) is 13.6. The van der Waals surface area contributed by atoms with Gasteiger partial charge in [-0.05, 0) is 35.9 Å². The van der Waals surface area contributed by atoms with E-state index in [1.165, 1.54) is 0 Å². The number of aliphatic carboxylic acids is 1. The topological polar surface area (TPSA) is 62.1 Å². The van der Waals surface area contributed by atoms with Crippen molar-refractivity contribution in [3.05, 3.63) is 58.1 Å². The van der Waals surface area contributed by atoms with Crippen LogP contribution in [0.3, 0.4) is 0 Å². The number of hydrogen-bond acceptors (Lipinski definition) is 4. The maximum Gasteiger partial charge on any atom is 0.352 e. The third-order valence-corrected chi connectivity index (χ3v) is 4.75. The Balaban J connectivity index is 2.08. The van der Waals surface area contributed by atoms with E-state index in [1.807, 2.05) is 31.2 Å². The predicted octanol–water partition coefficient (Wildman–Crippen LogP) is 4.64. The van der Waals surface area contributed by atoms with Gasteiger partial charge in [-0.15, -0.1) is 0 Å². The van der Waals surface area contributed by atoms with E-state index in [2.05, 4.69) is 5.10 Å². The van der Waals surface area contributed by atoms with Gasteiger partial charge in [0.1, 0.15) is 5.75 Å². The first-order chi connectivity index (χ1) is 11.9. The molecule has 2 aromatic rings. The molecule has 0 bridgehead atoms. The number of rotatable bonds is 4. The Morgan fingerprint density at radius 1 is 1.20 bits per heavy atom. The molecule has 0 aromatic heterocycles. The number of benzene rings is 2. The minimum absolute atomic E-state index is 0.0897. The Bertz CT molecular complexity index is 837. The van der Waals surface area contributed by atoms with Crippen molar-refractivity contribution in [2.45, 2.75) is 13.0 Å². The molecule has 1 aliphatic rings. The van der Waals surface area contributed by atoms with Crippen LogP contribution in [-0.4, -0.2) is 23.9 Å². The number of anilines is 1.